The molecule has 0 spiro atoms. The van der Waals surface area contributed by atoms with Crippen molar-refractivity contribution in [1.29, 1.82) is 0 Å². The lowest BCUT2D eigenvalue weighted by atomic mass is 9.89. The highest BCUT2D eigenvalue weighted by molar-refractivity contribution is 7.87. The fourth-order valence-corrected chi connectivity index (χ4v) is 5.00. The Morgan fingerprint density at radius 1 is 0.879 bits per heavy atom. The van der Waals surface area contributed by atoms with Crippen LogP contribution in [-0.2, 0) is 33.3 Å². The number of aliphatic hydroxyl groups is 3. The topological polar surface area (TPSA) is 157 Å². The zero-order valence-corrected chi connectivity index (χ0v) is 19.6. The van der Waals surface area contributed by atoms with E-state index in [1.807, 2.05) is 0 Å². The van der Waals surface area contributed by atoms with Gasteiger partial charge < -0.3 is 20.1 Å². The van der Waals surface area contributed by atoms with E-state index in [0.29, 0.717) is 0 Å². The second kappa shape index (κ2) is 9.76. The Morgan fingerprint density at radius 2 is 1.33 bits per heavy atom. The normalized spacial score (nSPS) is 26.3. The maximum Gasteiger partial charge on any atom is 0.297 e. The quantitative estimate of drug-likeness (QED) is 0.428. The summed E-state index contributed by atoms with van der Waals surface area (Å²) < 4.78 is 64.4. The second-order valence-electron chi connectivity index (χ2n) is 7.97. The summed E-state index contributed by atoms with van der Waals surface area (Å²) in [4.78, 5) is -0.235. The molecule has 0 radical (unpaired) electrons. The Hall–Kier alpha value is -1.90. The molecule has 12 heteroatoms. The average Bonchev–Trinajstić information content (AvgIpc) is 2.77. The van der Waals surface area contributed by atoms with Gasteiger partial charge in [-0.05, 0) is 38.1 Å². The third-order valence-electron chi connectivity index (χ3n) is 5.27. The molecule has 3 N–H and O–H groups in total. The molecule has 0 unspecified atom stereocenters. The Kier molecular flexibility index (Phi) is 7.61. The van der Waals surface area contributed by atoms with E-state index in [4.69, 9.17) is 13.1 Å². The number of ether oxygens (including phenoxy) is 1. The molecule has 2 aromatic rings. The van der Waals surface area contributed by atoms with Crippen LogP contribution in [0.2, 0.25) is 0 Å². The molecule has 1 saturated heterocycles. The lowest BCUT2D eigenvalue weighted by molar-refractivity contribution is -0.245. The van der Waals surface area contributed by atoms with Crippen molar-refractivity contribution in [3.05, 3.63) is 59.7 Å². The van der Waals surface area contributed by atoms with Crippen LogP contribution in [0.25, 0.3) is 0 Å². The minimum absolute atomic E-state index is 0.0924. The third kappa shape index (κ3) is 5.97. The Balaban J connectivity index is 1.61. The van der Waals surface area contributed by atoms with Crippen LogP contribution < -0.4 is 0 Å². The molecule has 4 atom stereocenters. The van der Waals surface area contributed by atoms with Crippen LogP contribution in [0.3, 0.4) is 0 Å². The third-order valence-corrected chi connectivity index (χ3v) is 7.85. The van der Waals surface area contributed by atoms with Crippen molar-refractivity contribution in [3.63, 3.8) is 0 Å². The van der Waals surface area contributed by atoms with Crippen LogP contribution in [0.5, 0.6) is 0 Å². The van der Waals surface area contributed by atoms with Crippen LogP contribution in [0.4, 0.5) is 0 Å². The van der Waals surface area contributed by atoms with Crippen molar-refractivity contribution in [2.75, 3.05) is 19.8 Å². The van der Waals surface area contributed by atoms with E-state index in [1.54, 1.807) is 38.1 Å². The fraction of sp³-hybridized carbons (Fsp3) is 0.429. The van der Waals surface area contributed by atoms with E-state index in [2.05, 4.69) is 0 Å². The van der Waals surface area contributed by atoms with Gasteiger partial charge in [0, 0.05) is 0 Å². The number of hydrogen-bond acceptors (Lipinski definition) is 10. The zero-order valence-electron chi connectivity index (χ0n) is 18.0. The predicted octanol–water partition coefficient (Wildman–Crippen LogP) is 0.266. The van der Waals surface area contributed by atoms with Gasteiger partial charge in [0.15, 0.2) is 0 Å². The second-order valence-corrected chi connectivity index (χ2v) is 11.2. The van der Waals surface area contributed by atoms with Crippen molar-refractivity contribution in [1.82, 2.24) is 0 Å². The largest absolute Gasteiger partial charge is 0.387 e. The average molecular weight is 503 g/mol. The summed E-state index contributed by atoms with van der Waals surface area (Å²) in [5, 5.41) is 31.4. The van der Waals surface area contributed by atoms with E-state index in [9.17, 15) is 32.2 Å². The van der Waals surface area contributed by atoms with Gasteiger partial charge in [-0.25, -0.2) is 0 Å². The van der Waals surface area contributed by atoms with Gasteiger partial charge in [-0.15, -0.1) is 0 Å². The van der Waals surface area contributed by atoms with Gasteiger partial charge >= 0.3 is 0 Å². The number of rotatable bonds is 8. The van der Waals surface area contributed by atoms with Gasteiger partial charge in [-0.3, -0.25) is 8.37 Å². The first-order chi connectivity index (χ1) is 15.3. The number of benzene rings is 2. The summed E-state index contributed by atoms with van der Waals surface area (Å²) in [6.45, 7) is 1.42. The summed E-state index contributed by atoms with van der Waals surface area (Å²) in [6.07, 6.45) is -4.97. The Labute approximate surface area is 192 Å². The zero-order chi connectivity index (χ0) is 24.4. The van der Waals surface area contributed by atoms with E-state index in [0.717, 1.165) is 11.1 Å². The number of hydrogen-bond donors (Lipinski definition) is 3. The monoisotopic (exact) mass is 502 g/mol. The summed E-state index contributed by atoms with van der Waals surface area (Å²) in [5.41, 5.74) is -0.567. The van der Waals surface area contributed by atoms with E-state index in [-0.39, 0.29) is 9.79 Å². The van der Waals surface area contributed by atoms with Gasteiger partial charge in [0.2, 0.25) is 0 Å². The van der Waals surface area contributed by atoms with Crippen molar-refractivity contribution in [3.8, 4) is 0 Å². The van der Waals surface area contributed by atoms with Crippen LogP contribution in [-0.4, -0.2) is 75.9 Å². The molecule has 182 valence electrons. The Bertz CT molecular complexity index is 1160. The predicted molar refractivity (Wildman–Crippen MR) is 115 cm³/mol. The van der Waals surface area contributed by atoms with Crippen LogP contribution in [0, 0.1) is 13.8 Å². The molecule has 33 heavy (non-hydrogen) atoms. The molecule has 1 aliphatic heterocycles. The number of aliphatic hydroxyl groups excluding tert-OH is 2. The lowest BCUT2D eigenvalue weighted by Gasteiger charge is -2.42. The fourth-order valence-electron chi connectivity index (χ4n) is 3.11. The maximum atomic E-state index is 12.3. The van der Waals surface area contributed by atoms with Gasteiger partial charge in [0.25, 0.3) is 20.2 Å². The molecule has 3 rings (SSSR count). The first-order valence-corrected chi connectivity index (χ1v) is 12.8. The van der Waals surface area contributed by atoms with Crippen LogP contribution in [0.1, 0.15) is 11.1 Å². The van der Waals surface area contributed by atoms with Crippen molar-refractivity contribution in [2.24, 2.45) is 0 Å². The summed E-state index contributed by atoms with van der Waals surface area (Å²) in [5.74, 6) is 0. The molecule has 0 aromatic heterocycles. The van der Waals surface area contributed by atoms with Gasteiger partial charge in [-0.2, -0.15) is 16.8 Å². The molecule has 0 amide bonds. The molecular weight excluding hydrogens is 476 g/mol. The number of aryl methyl sites for hydroxylation is 2. The first-order valence-electron chi connectivity index (χ1n) is 9.96. The van der Waals surface area contributed by atoms with E-state index >= 15 is 0 Å². The van der Waals surface area contributed by atoms with E-state index in [1.165, 1.54) is 24.3 Å². The lowest BCUT2D eigenvalue weighted by Crippen LogP contribution is -2.64. The van der Waals surface area contributed by atoms with Crippen molar-refractivity contribution >= 4 is 20.2 Å². The van der Waals surface area contributed by atoms with Gasteiger partial charge in [-0.1, -0.05) is 35.4 Å². The summed E-state index contributed by atoms with van der Waals surface area (Å²) in [6, 6.07) is 11.7. The minimum atomic E-state index is -4.24. The molecule has 1 fully saturated rings. The molecule has 10 nitrogen and oxygen atoms in total. The molecule has 1 heterocycles. The molecule has 1 aliphatic rings. The Morgan fingerprint density at radius 3 is 1.82 bits per heavy atom. The van der Waals surface area contributed by atoms with Gasteiger partial charge in [0.05, 0.1) is 23.0 Å². The SMILES string of the molecule is Cc1ccc(S(=O)(=O)OC[C@H]2OC[C@@](O)(COS(=O)(=O)c3ccc(C)cc3)[C@@H](O)[C@@H]2O)cc1. The van der Waals surface area contributed by atoms with Crippen LogP contribution >= 0.6 is 0 Å². The highest BCUT2D eigenvalue weighted by Gasteiger charge is 2.49. The molecule has 2 aromatic carbocycles. The highest BCUT2D eigenvalue weighted by Crippen LogP contribution is 2.27. The summed E-state index contributed by atoms with van der Waals surface area (Å²) in [7, 11) is -8.39. The smallest absolute Gasteiger partial charge is 0.297 e. The first kappa shape index (κ1) is 25.7. The van der Waals surface area contributed by atoms with Crippen molar-refractivity contribution < 1.29 is 45.3 Å². The molecular formula is C21H26O10S2. The van der Waals surface area contributed by atoms with Gasteiger partial charge in [0.1, 0.15) is 30.5 Å². The molecule has 0 saturated carbocycles. The van der Waals surface area contributed by atoms with Crippen molar-refractivity contribution in [2.45, 2.75) is 47.6 Å². The highest BCUT2D eigenvalue weighted by atomic mass is 32.2. The summed E-state index contributed by atoms with van der Waals surface area (Å²) >= 11 is 0. The maximum absolute atomic E-state index is 12.3. The van der Waals surface area contributed by atoms with Crippen LogP contribution in [0.15, 0.2) is 58.3 Å². The minimum Gasteiger partial charge on any atom is -0.387 e. The molecule has 0 aliphatic carbocycles. The van der Waals surface area contributed by atoms with E-state index < -0.39 is 64.0 Å². The molecule has 0 bridgehead atoms. The standard InChI is InChI=1S/C21H26O10S2/c1-14-3-7-16(8-4-14)32(25,26)30-11-18-19(22)20(23)21(24,12-29-18)13-31-33(27,28)17-9-5-15(2)6-10-17/h3-10,18-20,22-24H,11-13H2,1-2H3/t18-,19-,20+,21-/m1/s1.